The van der Waals surface area contributed by atoms with E-state index in [0.29, 0.717) is 22.7 Å². The third-order valence-corrected chi connectivity index (χ3v) is 23.9. The van der Waals surface area contributed by atoms with Crippen LogP contribution in [0.5, 0.6) is 0 Å². The Labute approximate surface area is 399 Å². The summed E-state index contributed by atoms with van der Waals surface area (Å²) in [6, 6.07) is 0. The summed E-state index contributed by atoms with van der Waals surface area (Å²) in [5, 5.41) is 9.80. The molecule has 7 heteroatoms. The molecule has 17 atom stereocenters. The molecule has 0 radical (unpaired) electrons. The first-order chi connectivity index (χ1) is 30.7. The Morgan fingerprint density at radius 1 is 0.692 bits per heavy atom. The Balaban J connectivity index is 0.958. The summed E-state index contributed by atoms with van der Waals surface area (Å²) in [6.45, 7) is 24.9. The molecule has 6 fully saturated rings. The van der Waals surface area contributed by atoms with Crippen molar-refractivity contribution in [1.29, 1.82) is 0 Å². The number of hydrogen-bond donors (Lipinski definition) is 1. The highest BCUT2D eigenvalue weighted by molar-refractivity contribution is 7.53. The van der Waals surface area contributed by atoms with E-state index in [2.05, 4.69) is 81.4 Å². The van der Waals surface area contributed by atoms with Crippen LogP contribution < -0.4 is 0 Å². The number of fused-ring (bicyclic) bond motifs is 10. The van der Waals surface area contributed by atoms with Gasteiger partial charge in [0.25, 0.3) is 0 Å². The molecule has 0 aliphatic heterocycles. The molecule has 0 bridgehead atoms. The van der Waals surface area contributed by atoms with E-state index in [4.69, 9.17) is 9.05 Å². The number of nitrogens with zero attached hydrogens (tertiary/aromatic N) is 1. The first-order valence-corrected chi connectivity index (χ1v) is 29.7. The van der Waals surface area contributed by atoms with Gasteiger partial charge >= 0.3 is 13.6 Å². The molecular formula is C58H98NO5P. The maximum absolute atomic E-state index is 15.5. The predicted octanol–water partition coefficient (Wildman–Crippen LogP) is 16.0. The first kappa shape index (κ1) is 50.4. The quantitative estimate of drug-likeness (QED) is 0.109. The highest BCUT2D eigenvalue weighted by atomic mass is 31.2. The van der Waals surface area contributed by atoms with Gasteiger partial charge in [0.2, 0.25) is 0 Å². The number of carboxylic acid groups (broad SMARTS) is 1. The Hall–Kier alpha value is -0.940. The minimum Gasteiger partial charge on any atom is -0.480 e. The van der Waals surface area contributed by atoms with Crippen molar-refractivity contribution < 1.29 is 23.5 Å². The van der Waals surface area contributed by atoms with Crippen molar-refractivity contribution in [3.05, 3.63) is 23.3 Å². The molecule has 0 heterocycles. The maximum Gasteiger partial charge on any atom is 0.345 e. The fourth-order valence-electron chi connectivity index (χ4n) is 18.7. The van der Waals surface area contributed by atoms with Crippen LogP contribution in [0.3, 0.4) is 0 Å². The van der Waals surface area contributed by atoms with E-state index in [9.17, 15) is 9.90 Å². The van der Waals surface area contributed by atoms with E-state index >= 15 is 4.57 Å². The molecule has 65 heavy (non-hydrogen) atoms. The normalized spacial score (nSPS) is 43.0. The third kappa shape index (κ3) is 9.78. The van der Waals surface area contributed by atoms with Crippen LogP contribution >= 0.6 is 7.60 Å². The van der Waals surface area contributed by atoms with E-state index in [1.807, 2.05) is 0 Å². The molecule has 0 amide bonds. The number of aliphatic carboxylic acids is 1. The van der Waals surface area contributed by atoms with Gasteiger partial charge in [-0.25, -0.2) is 0 Å². The zero-order valence-corrected chi connectivity index (χ0v) is 44.6. The lowest BCUT2D eigenvalue weighted by molar-refractivity contribution is -0.137. The Bertz CT molecular complexity index is 1790. The van der Waals surface area contributed by atoms with Gasteiger partial charge in [-0.3, -0.25) is 18.8 Å². The van der Waals surface area contributed by atoms with Gasteiger partial charge in [-0.15, -0.1) is 0 Å². The monoisotopic (exact) mass is 920 g/mol. The van der Waals surface area contributed by atoms with Crippen LogP contribution in [0.1, 0.15) is 210 Å². The summed E-state index contributed by atoms with van der Waals surface area (Å²) >= 11 is 0. The van der Waals surface area contributed by atoms with Gasteiger partial charge in [-0.05, 0) is 208 Å². The lowest BCUT2D eigenvalue weighted by Crippen LogP contribution is -2.52. The maximum atomic E-state index is 15.5. The van der Waals surface area contributed by atoms with E-state index in [1.165, 1.54) is 114 Å². The zero-order valence-electron chi connectivity index (χ0n) is 43.7. The van der Waals surface area contributed by atoms with Crippen molar-refractivity contribution in [2.75, 3.05) is 19.9 Å². The number of carboxylic acids is 1. The van der Waals surface area contributed by atoms with Crippen molar-refractivity contribution in [2.45, 2.75) is 223 Å². The number of hydrogen-bond acceptors (Lipinski definition) is 5. The molecule has 1 unspecified atom stereocenters. The number of carbonyl (C=O) groups is 1. The SMILES string of the molecule is CC(C)CCC[C@@H](C)[C@H]1CC[C@H]2[C@@H]3CC=C4C[C@@H](OP(=O)(CN(C)CC(=O)O)O[C@H]5CCC[C@@]6(C)C5=CC[C@H]5[C@@H]7CC[C@H]([C@H](C)CCCC(C)C)[C@@]7(C)CC[C@@H]56)CC[C@]4(C)[C@H]3CC[C@]12C. The van der Waals surface area contributed by atoms with E-state index in [-0.39, 0.29) is 35.9 Å². The predicted molar refractivity (Wildman–Crippen MR) is 269 cm³/mol. The minimum absolute atomic E-state index is 0.0118. The van der Waals surface area contributed by atoms with Gasteiger partial charge in [0.05, 0.1) is 18.8 Å². The standard InChI is InChI=1S/C58H98NO5P/c1-38(2)15-12-17-40(5)46-24-26-48-44-21-20-42-35-43(28-32-55(42,7)50(44)29-33-57(46,48)9)63-65(62,37-59(11)36-54(60)61)64-53-19-14-31-56(8)51-30-34-58(10)47(41(6)18-13-16-39(3)4)25-27-49(58)45(51)22-23-52(53)56/h20,23,38-41,43-51,53H,12-19,21-22,24-37H2,1-11H3,(H,60,61)/t40-,41-,43+,44+,45+,46-,47-,48+,49+,50+,51+,53+,55+,56-,57-,58-,65?/m1/s1. The van der Waals surface area contributed by atoms with Crippen molar-refractivity contribution in [2.24, 2.45) is 92.7 Å². The molecule has 0 aromatic heterocycles. The largest absolute Gasteiger partial charge is 0.480 e. The molecule has 6 nitrogen and oxygen atoms in total. The topological polar surface area (TPSA) is 76.1 Å². The molecule has 8 rings (SSSR count). The average Bonchev–Trinajstić information content (AvgIpc) is 3.77. The van der Waals surface area contributed by atoms with E-state index in [0.717, 1.165) is 97.7 Å². The molecule has 0 saturated heterocycles. The fraction of sp³-hybridized carbons (Fsp3) is 0.914. The minimum atomic E-state index is -3.72. The molecule has 8 aliphatic carbocycles. The average molecular weight is 920 g/mol. The van der Waals surface area contributed by atoms with Crippen molar-refractivity contribution in [3.8, 4) is 0 Å². The number of likely N-dealkylation sites (N-methyl/N-ethyl adjacent to an activating group) is 1. The Morgan fingerprint density at radius 2 is 1.25 bits per heavy atom. The van der Waals surface area contributed by atoms with Crippen LogP contribution in [0.4, 0.5) is 0 Å². The zero-order chi connectivity index (χ0) is 46.7. The first-order valence-electron chi connectivity index (χ1n) is 28.0. The Morgan fingerprint density at radius 3 is 1.80 bits per heavy atom. The molecule has 0 aromatic rings. The lowest BCUT2D eigenvalue weighted by atomic mass is 9.47. The molecule has 1 N–H and O–H groups in total. The summed E-state index contributed by atoms with van der Waals surface area (Å²) in [4.78, 5) is 13.6. The van der Waals surface area contributed by atoms with Crippen LogP contribution in [0.25, 0.3) is 0 Å². The number of rotatable bonds is 18. The van der Waals surface area contributed by atoms with Crippen molar-refractivity contribution >= 4 is 13.6 Å². The summed E-state index contributed by atoms with van der Waals surface area (Å²) < 4.78 is 29.5. The molecule has 0 aromatic carbocycles. The smallest absolute Gasteiger partial charge is 0.345 e. The van der Waals surface area contributed by atoms with Crippen LogP contribution in [0.15, 0.2) is 23.3 Å². The van der Waals surface area contributed by atoms with Crippen molar-refractivity contribution in [1.82, 2.24) is 4.90 Å². The van der Waals surface area contributed by atoms with Crippen LogP contribution in [0, 0.1) is 92.7 Å². The van der Waals surface area contributed by atoms with E-state index < -0.39 is 13.6 Å². The van der Waals surface area contributed by atoms with Gasteiger partial charge in [0.15, 0.2) is 0 Å². The number of allylic oxidation sites excluding steroid dienone is 2. The molecule has 8 aliphatic rings. The van der Waals surface area contributed by atoms with Gasteiger partial charge < -0.3 is 9.63 Å². The van der Waals surface area contributed by atoms with Gasteiger partial charge in [0.1, 0.15) is 6.29 Å². The van der Waals surface area contributed by atoms with Crippen LogP contribution in [0.2, 0.25) is 0 Å². The second-order valence-corrected chi connectivity index (χ2v) is 28.6. The highest BCUT2D eigenvalue weighted by Gasteiger charge is 2.62. The van der Waals surface area contributed by atoms with Gasteiger partial charge in [0, 0.05) is 0 Å². The summed E-state index contributed by atoms with van der Waals surface area (Å²) in [6.07, 6.45) is 32.1. The second-order valence-electron chi connectivity index (χ2n) is 26.6. The molecule has 370 valence electrons. The van der Waals surface area contributed by atoms with E-state index in [1.54, 1.807) is 11.9 Å². The highest BCUT2D eigenvalue weighted by Crippen LogP contribution is 2.70. The fourth-order valence-corrected chi connectivity index (χ4v) is 20.8. The summed E-state index contributed by atoms with van der Waals surface area (Å²) in [5.74, 6) is 8.46. The molecular weight excluding hydrogens is 822 g/mol. The van der Waals surface area contributed by atoms with Gasteiger partial charge in [-0.2, -0.15) is 0 Å². The third-order valence-electron chi connectivity index (χ3n) is 21.9. The lowest BCUT2D eigenvalue weighted by Gasteiger charge is -2.59. The molecule has 0 spiro atoms. The van der Waals surface area contributed by atoms with Crippen molar-refractivity contribution in [3.63, 3.8) is 0 Å². The summed E-state index contributed by atoms with van der Waals surface area (Å²) in [7, 11) is -1.96. The van der Waals surface area contributed by atoms with Crippen LogP contribution in [-0.4, -0.2) is 48.1 Å². The Kier molecular flexibility index (Phi) is 15.3. The summed E-state index contributed by atoms with van der Waals surface area (Å²) in [5.41, 5.74) is 4.05. The van der Waals surface area contributed by atoms with Crippen LogP contribution in [-0.2, 0) is 18.4 Å². The second kappa shape index (κ2) is 19.7. The molecule has 6 saturated carbocycles. The van der Waals surface area contributed by atoms with Gasteiger partial charge in [-0.1, -0.05) is 125 Å².